The van der Waals surface area contributed by atoms with Crippen LogP contribution >= 0.6 is 12.4 Å². The van der Waals surface area contributed by atoms with Crippen molar-refractivity contribution < 1.29 is 23.6 Å². The van der Waals surface area contributed by atoms with Gasteiger partial charge < -0.3 is 23.8 Å². The summed E-state index contributed by atoms with van der Waals surface area (Å²) in [7, 11) is 3.13. The van der Waals surface area contributed by atoms with Crippen LogP contribution in [0.2, 0.25) is 0 Å². The molecule has 10 nitrogen and oxygen atoms in total. The summed E-state index contributed by atoms with van der Waals surface area (Å²) in [5.74, 6) is 3.08. The van der Waals surface area contributed by atoms with Gasteiger partial charge >= 0.3 is 0 Å². The SMILES string of the molecule is COc1ccc(C(=O)N2CCN(Cc3noc(CCC(=O)N4CCC(C)CC4)n3)CC2)cc1OC.Cl. The van der Waals surface area contributed by atoms with E-state index >= 15 is 0 Å². The number of carbonyl (C=O) groups is 2. The number of aryl methyl sites for hydroxylation is 1. The molecule has 0 bridgehead atoms. The molecule has 2 aliphatic heterocycles. The Morgan fingerprint density at radius 2 is 1.69 bits per heavy atom. The van der Waals surface area contributed by atoms with Crippen LogP contribution in [-0.2, 0) is 17.8 Å². The highest BCUT2D eigenvalue weighted by Crippen LogP contribution is 2.28. The highest BCUT2D eigenvalue weighted by Gasteiger charge is 2.25. The second kappa shape index (κ2) is 12.9. The summed E-state index contributed by atoms with van der Waals surface area (Å²) in [5, 5.41) is 4.09. The number of hydrogen-bond acceptors (Lipinski definition) is 8. The molecule has 1 aromatic carbocycles. The summed E-state index contributed by atoms with van der Waals surface area (Å²) in [6, 6.07) is 5.22. The lowest BCUT2D eigenvalue weighted by Crippen LogP contribution is -2.48. The van der Waals surface area contributed by atoms with Crippen LogP contribution in [0.5, 0.6) is 11.5 Å². The largest absolute Gasteiger partial charge is 0.493 e. The van der Waals surface area contributed by atoms with Crippen molar-refractivity contribution in [2.24, 2.45) is 5.92 Å². The molecular weight excluding hydrogens is 486 g/mol. The van der Waals surface area contributed by atoms with Crippen LogP contribution in [0.25, 0.3) is 0 Å². The van der Waals surface area contributed by atoms with Gasteiger partial charge in [0.1, 0.15) is 0 Å². The number of likely N-dealkylation sites (tertiary alicyclic amines) is 1. The number of piperazine rings is 1. The van der Waals surface area contributed by atoms with Gasteiger partial charge in [-0.05, 0) is 37.0 Å². The lowest BCUT2D eigenvalue weighted by atomic mass is 9.99. The van der Waals surface area contributed by atoms with Gasteiger partial charge in [0.15, 0.2) is 17.3 Å². The molecule has 2 aliphatic rings. The van der Waals surface area contributed by atoms with Crippen molar-refractivity contribution in [3.8, 4) is 11.5 Å². The third kappa shape index (κ3) is 6.88. The molecule has 0 spiro atoms. The number of rotatable bonds is 8. The second-order valence-corrected chi connectivity index (χ2v) is 9.31. The summed E-state index contributed by atoms with van der Waals surface area (Å²) in [5.41, 5.74) is 0.576. The Balaban J connectivity index is 0.00000361. The molecule has 11 heteroatoms. The topological polar surface area (TPSA) is 101 Å². The van der Waals surface area contributed by atoms with Gasteiger partial charge in [0.2, 0.25) is 11.8 Å². The van der Waals surface area contributed by atoms with Crippen LogP contribution in [0.1, 0.15) is 48.3 Å². The molecule has 2 saturated heterocycles. The first-order chi connectivity index (χ1) is 17.0. The zero-order valence-corrected chi connectivity index (χ0v) is 22.1. The minimum absolute atomic E-state index is 0. The summed E-state index contributed by atoms with van der Waals surface area (Å²) >= 11 is 0. The first-order valence-electron chi connectivity index (χ1n) is 12.3. The summed E-state index contributed by atoms with van der Waals surface area (Å²) in [6.45, 7) is 7.13. The fraction of sp³-hybridized carbons (Fsp3) is 0.600. The molecule has 0 aliphatic carbocycles. The van der Waals surface area contributed by atoms with Crippen LogP contribution in [0.15, 0.2) is 22.7 Å². The number of hydrogen-bond donors (Lipinski definition) is 0. The molecule has 0 radical (unpaired) electrons. The summed E-state index contributed by atoms with van der Waals surface area (Å²) in [4.78, 5) is 35.8. The third-order valence-electron chi connectivity index (χ3n) is 6.85. The number of methoxy groups -OCH3 is 2. The van der Waals surface area contributed by atoms with Crippen molar-refractivity contribution in [3.05, 3.63) is 35.5 Å². The maximum absolute atomic E-state index is 12.9. The van der Waals surface area contributed by atoms with E-state index in [0.717, 1.165) is 39.0 Å². The van der Waals surface area contributed by atoms with Gasteiger partial charge in [-0.3, -0.25) is 14.5 Å². The third-order valence-corrected chi connectivity index (χ3v) is 6.85. The number of nitrogens with zero attached hydrogens (tertiary/aromatic N) is 5. The van der Waals surface area contributed by atoms with Crippen LogP contribution in [-0.4, -0.2) is 90.1 Å². The average Bonchev–Trinajstić information content (AvgIpc) is 3.34. The maximum Gasteiger partial charge on any atom is 0.254 e. The number of aromatic nitrogens is 2. The van der Waals surface area contributed by atoms with Gasteiger partial charge in [-0.2, -0.15) is 4.98 Å². The van der Waals surface area contributed by atoms with E-state index in [4.69, 9.17) is 14.0 Å². The van der Waals surface area contributed by atoms with E-state index < -0.39 is 0 Å². The molecule has 0 atom stereocenters. The Labute approximate surface area is 218 Å². The van der Waals surface area contributed by atoms with E-state index in [0.29, 0.717) is 67.2 Å². The molecule has 2 aromatic rings. The van der Waals surface area contributed by atoms with Crippen molar-refractivity contribution in [1.82, 2.24) is 24.8 Å². The van der Waals surface area contributed by atoms with Crippen molar-refractivity contribution in [2.45, 2.75) is 39.2 Å². The minimum Gasteiger partial charge on any atom is -0.493 e. The normalized spacial score (nSPS) is 17.0. The van der Waals surface area contributed by atoms with E-state index in [9.17, 15) is 9.59 Å². The van der Waals surface area contributed by atoms with Gasteiger partial charge in [0.25, 0.3) is 5.91 Å². The van der Waals surface area contributed by atoms with E-state index in [2.05, 4.69) is 22.0 Å². The van der Waals surface area contributed by atoms with E-state index in [-0.39, 0.29) is 24.2 Å². The minimum atomic E-state index is -0.0275. The molecule has 36 heavy (non-hydrogen) atoms. The predicted molar refractivity (Wildman–Crippen MR) is 136 cm³/mol. The average molecular weight is 522 g/mol. The van der Waals surface area contributed by atoms with Crippen LogP contribution in [0, 0.1) is 5.92 Å². The standard InChI is InChI=1S/C25H35N5O5.ClH/c1-18-8-10-29(11-9-18)24(31)7-6-23-26-22(27-35-23)17-28-12-14-30(15-13-28)25(32)19-4-5-20(33-2)21(16-19)34-3;/h4-5,16,18H,6-15,17H2,1-3H3;1H. The van der Waals surface area contributed by atoms with Crippen LogP contribution < -0.4 is 9.47 Å². The quantitative estimate of drug-likeness (QED) is 0.522. The van der Waals surface area contributed by atoms with Gasteiger partial charge in [-0.1, -0.05) is 12.1 Å². The van der Waals surface area contributed by atoms with E-state index in [1.165, 1.54) is 0 Å². The number of ether oxygens (including phenoxy) is 2. The molecule has 0 saturated carbocycles. The predicted octanol–water partition coefficient (Wildman–Crippen LogP) is 2.66. The Morgan fingerprint density at radius 3 is 2.36 bits per heavy atom. The van der Waals surface area contributed by atoms with Crippen molar-refractivity contribution in [1.29, 1.82) is 0 Å². The van der Waals surface area contributed by atoms with Gasteiger partial charge in [-0.15, -0.1) is 12.4 Å². The maximum atomic E-state index is 12.9. The number of amides is 2. The van der Waals surface area contributed by atoms with Crippen molar-refractivity contribution >= 4 is 24.2 Å². The molecule has 1 aromatic heterocycles. The first kappa shape index (κ1) is 27.7. The number of halogens is 1. The zero-order valence-electron chi connectivity index (χ0n) is 21.3. The Morgan fingerprint density at radius 1 is 1.00 bits per heavy atom. The highest BCUT2D eigenvalue weighted by molar-refractivity contribution is 5.95. The van der Waals surface area contributed by atoms with Crippen LogP contribution in [0.3, 0.4) is 0 Å². The fourth-order valence-electron chi connectivity index (χ4n) is 4.55. The summed E-state index contributed by atoms with van der Waals surface area (Å²) < 4.78 is 15.9. The molecule has 4 rings (SSSR count). The fourth-order valence-corrected chi connectivity index (χ4v) is 4.55. The van der Waals surface area contributed by atoms with Gasteiger partial charge in [0.05, 0.1) is 20.8 Å². The molecule has 0 unspecified atom stereocenters. The lowest BCUT2D eigenvalue weighted by molar-refractivity contribution is -0.132. The van der Waals surface area contributed by atoms with Gasteiger partial charge in [-0.25, -0.2) is 0 Å². The van der Waals surface area contributed by atoms with E-state index in [1.54, 1.807) is 32.4 Å². The van der Waals surface area contributed by atoms with Gasteiger partial charge in [0, 0.05) is 57.7 Å². The molecular formula is C25H36ClN5O5. The number of piperidine rings is 1. The molecule has 198 valence electrons. The van der Waals surface area contributed by atoms with E-state index in [1.807, 2.05) is 9.80 Å². The van der Waals surface area contributed by atoms with Crippen molar-refractivity contribution in [3.63, 3.8) is 0 Å². The molecule has 2 fully saturated rings. The Kier molecular flexibility index (Phi) is 9.95. The number of carbonyl (C=O) groups excluding carboxylic acids is 2. The monoisotopic (exact) mass is 521 g/mol. The smallest absolute Gasteiger partial charge is 0.254 e. The highest BCUT2D eigenvalue weighted by atomic mass is 35.5. The first-order valence-corrected chi connectivity index (χ1v) is 12.3. The van der Waals surface area contributed by atoms with Crippen molar-refractivity contribution in [2.75, 3.05) is 53.5 Å². The lowest BCUT2D eigenvalue weighted by Gasteiger charge is -2.34. The molecule has 3 heterocycles. The van der Waals surface area contributed by atoms with Crippen LogP contribution in [0.4, 0.5) is 0 Å². The number of benzene rings is 1. The summed E-state index contributed by atoms with van der Waals surface area (Å²) in [6.07, 6.45) is 3.01. The second-order valence-electron chi connectivity index (χ2n) is 9.31. The Hall–Kier alpha value is -2.85. The molecule has 0 N–H and O–H groups in total. The molecule has 2 amide bonds. The Bertz CT molecular complexity index is 1020. The zero-order chi connectivity index (χ0) is 24.8.